The zero-order valence-electron chi connectivity index (χ0n) is 17.9. The molecule has 3 N–H and O–H groups in total. The van der Waals surface area contributed by atoms with Gasteiger partial charge in [0.25, 0.3) is 0 Å². The number of hydrogen-bond acceptors (Lipinski definition) is 6. The third kappa shape index (κ3) is 6.46. The molecule has 0 aliphatic heterocycles. The van der Waals surface area contributed by atoms with Crippen LogP contribution in [0.2, 0.25) is 0 Å². The molecular formula is C23H28BrN3O4. The molecule has 0 radical (unpaired) electrons. The first-order valence-corrected chi connectivity index (χ1v) is 10.8. The summed E-state index contributed by atoms with van der Waals surface area (Å²) in [6.07, 6.45) is 0.214. The van der Waals surface area contributed by atoms with Crippen molar-refractivity contribution < 1.29 is 19.3 Å². The van der Waals surface area contributed by atoms with E-state index in [-0.39, 0.29) is 6.61 Å². The molecule has 2 aromatic carbocycles. The van der Waals surface area contributed by atoms with Crippen molar-refractivity contribution in [1.29, 1.82) is 0 Å². The molecule has 1 aromatic heterocycles. The molecule has 0 saturated heterocycles. The molecule has 166 valence electrons. The number of imidazole rings is 1. The number of aromatic amines is 1. The van der Waals surface area contributed by atoms with Gasteiger partial charge in [-0.3, -0.25) is 0 Å². The minimum absolute atomic E-state index is 0.216. The normalized spacial score (nSPS) is 11.9. The highest BCUT2D eigenvalue weighted by Gasteiger charge is 2.09. The number of H-pyrrole nitrogens is 1. The molecule has 0 saturated carbocycles. The molecule has 0 unspecified atom stereocenters. The summed E-state index contributed by atoms with van der Waals surface area (Å²) in [5.41, 5.74) is 3.09. The van der Waals surface area contributed by atoms with Gasteiger partial charge in [-0.1, -0.05) is 6.07 Å². The Morgan fingerprint density at radius 3 is 2.48 bits per heavy atom. The van der Waals surface area contributed by atoms with Crippen molar-refractivity contribution in [2.45, 2.75) is 19.4 Å². The van der Waals surface area contributed by atoms with E-state index in [9.17, 15) is 5.11 Å². The maximum absolute atomic E-state index is 10.2. The average molecular weight is 490 g/mol. The van der Waals surface area contributed by atoms with E-state index in [0.717, 1.165) is 40.2 Å². The number of aliphatic hydroxyl groups excluding tert-OH is 1. The van der Waals surface area contributed by atoms with E-state index in [1.807, 2.05) is 49.4 Å². The maximum atomic E-state index is 10.2. The van der Waals surface area contributed by atoms with Gasteiger partial charge in [-0.25, -0.2) is 4.98 Å². The van der Waals surface area contributed by atoms with Crippen molar-refractivity contribution in [3.8, 4) is 28.6 Å². The lowest BCUT2D eigenvalue weighted by Gasteiger charge is -2.14. The summed E-state index contributed by atoms with van der Waals surface area (Å²) in [5, 5.41) is 13.4. The molecule has 0 spiro atoms. The largest absolute Gasteiger partial charge is 0.493 e. The second-order valence-electron chi connectivity index (χ2n) is 7.13. The zero-order valence-corrected chi connectivity index (χ0v) is 19.5. The Balaban J connectivity index is 1.39. The van der Waals surface area contributed by atoms with Crippen molar-refractivity contribution in [2.75, 3.05) is 33.9 Å². The van der Waals surface area contributed by atoms with E-state index in [1.165, 1.54) is 0 Å². The molecule has 3 rings (SSSR count). The summed E-state index contributed by atoms with van der Waals surface area (Å²) in [5.74, 6) is 2.94. The second kappa shape index (κ2) is 11.2. The van der Waals surface area contributed by atoms with Gasteiger partial charge in [0, 0.05) is 17.8 Å². The van der Waals surface area contributed by atoms with Gasteiger partial charge in [-0.15, -0.1) is 0 Å². The van der Waals surface area contributed by atoms with E-state index in [1.54, 1.807) is 14.2 Å². The van der Waals surface area contributed by atoms with Crippen LogP contribution in [0.1, 0.15) is 11.3 Å². The Bertz CT molecular complexity index is 956. The summed E-state index contributed by atoms with van der Waals surface area (Å²) in [6.45, 7) is 3.36. The summed E-state index contributed by atoms with van der Waals surface area (Å²) in [6, 6.07) is 13.5. The summed E-state index contributed by atoms with van der Waals surface area (Å²) in [4.78, 5) is 7.65. The van der Waals surface area contributed by atoms with Crippen molar-refractivity contribution >= 4 is 15.9 Å². The van der Waals surface area contributed by atoms with Gasteiger partial charge in [-0.2, -0.15) is 0 Å². The Labute approximate surface area is 190 Å². The molecule has 0 aliphatic rings. The number of benzene rings is 2. The molecule has 0 aliphatic carbocycles. The summed E-state index contributed by atoms with van der Waals surface area (Å²) >= 11 is 3.41. The number of halogens is 1. The van der Waals surface area contributed by atoms with Crippen molar-refractivity contribution in [3.63, 3.8) is 0 Å². The monoisotopic (exact) mass is 489 g/mol. The topological polar surface area (TPSA) is 88.6 Å². The predicted molar refractivity (Wildman–Crippen MR) is 124 cm³/mol. The first kappa shape index (κ1) is 23.1. The molecule has 3 aromatic rings. The van der Waals surface area contributed by atoms with Gasteiger partial charge < -0.3 is 29.6 Å². The highest BCUT2D eigenvalue weighted by molar-refractivity contribution is 9.10. The number of aliphatic hydroxyl groups is 1. The zero-order chi connectivity index (χ0) is 22.2. The van der Waals surface area contributed by atoms with Crippen LogP contribution in [0.25, 0.3) is 11.4 Å². The van der Waals surface area contributed by atoms with Crippen molar-refractivity contribution in [1.82, 2.24) is 15.3 Å². The van der Waals surface area contributed by atoms with E-state index < -0.39 is 6.10 Å². The van der Waals surface area contributed by atoms with Crippen LogP contribution in [-0.2, 0) is 6.42 Å². The number of ether oxygens (including phenoxy) is 3. The van der Waals surface area contributed by atoms with E-state index in [0.29, 0.717) is 23.8 Å². The van der Waals surface area contributed by atoms with E-state index >= 15 is 0 Å². The van der Waals surface area contributed by atoms with Gasteiger partial charge >= 0.3 is 0 Å². The number of aryl methyl sites for hydroxylation is 1. The van der Waals surface area contributed by atoms with Gasteiger partial charge in [0.2, 0.25) is 0 Å². The van der Waals surface area contributed by atoms with E-state index in [4.69, 9.17) is 14.2 Å². The van der Waals surface area contributed by atoms with Crippen LogP contribution in [0.4, 0.5) is 0 Å². The number of aromatic nitrogens is 2. The molecule has 0 amide bonds. The van der Waals surface area contributed by atoms with Crippen molar-refractivity contribution in [2.24, 2.45) is 0 Å². The molecule has 31 heavy (non-hydrogen) atoms. The van der Waals surface area contributed by atoms with Crippen LogP contribution < -0.4 is 19.5 Å². The minimum Gasteiger partial charge on any atom is -0.493 e. The number of nitrogens with zero attached hydrogens (tertiary/aromatic N) is 1. The van der Waals surface area contributed by atoms with Crippen LogP contribution in [-0.4, -0.2) is 55.1 Å². The fraction of sp³-hybridized carbons (Fsp3) is 0.348. The highest BCUT2D eigenvalue weighted by Crippen LogP contribution is 2.27. The quantitative estimate of drug-likeness (QED) is 0.355. The number of rotatable bonds is 11. The third-order valence-corrected chi connectivity index (χ3v) is 5.59. The number of methoxy groups -OCH3 is 2. The van der Waals surface area contributed by atoms with Gasteiger partial charge in [-0.05, 0) is 77.8 Å². The average Bonchev–Trinajstić information content (AvgIpc) is 3.13. The van der Waals surface area contributed by atoms with Crippen LogP contribution in [0.15, 0.2) is 47.1 Å². The third-order valence-electron chi connectivity index (χ3n) is 4.81. The van der Waals surface area contributed by atoms with Crippen molar-refractivity contribution in [3.05, 3.63) is 58.3 Å². The lowest BCUT2D eigenvalue weighted by Crippen LogP contribution is -2.32. The predicted octanol–water partition coefficient (Wildman–Crippen LogP) is 3.74. The second-order valence-corrected chi connectivity index (χ2v) is 7.89. The molecule has 0 fully saturated rings. The fourth-order valence-corrected chi connectivity index (χ4v) is 3.35. The summed E-state index contributed by atoms with van der Waals surface area (Å²) in [7, 11) is 3.25. The number of hydrogen-bond donors (Lipinski definition) is 3. The highest BCUT2D eigenvalue weighted by atomic mass is 79.9. The van der Waals surface area contributed by atoms with Gasteiger partial charge in [0.15, 0.2) is 11.5 Å². The lowest BCUT2D eigenvalue weighted by atomic mass is 10.1. The lowest BCUT2D eigenvalue weighted by molar-refractivity contribution is 0.106. The van der Waals surface area contributed by atoms with E-state index in [2.05, 4.69) is 31.2 Å². The molecule has 0 bridgehead atoms. The molecular weight excluding hydrogens is 462 g/mol. The summed E-state index contributed by atoms with van der Waals surface area (Å²) < 4.78 is 17.1. The van der Waals surface area contributed by atoms with Gasteiger partial charge in [0.1, 0.15) is 28.9 Å². The Hall–Kier alpha value is -2.55. The minimum atomic E-state index is -0.603. The maximum Gasteiger partial charge on any atom is 0.160 e. The first-order chi connectivity index (χ1) is 15.0. The SMILES string of the molecule is COc1ccc(CCNC[C@H](O)COc2ccc(-c3nc(Br)c(C)[nH]3)cc2)cc1OC. The standard InChI is InChI=1S/C23H28BrN3O4/c1-15-22(24)27-23(26-15)17-5-7-19(8-6-17)31-14-18(28)13-25-11-10-16-4-9-20(29-2)21(12-16)30-3/h4-9,12,18,25,28H,10-11,13-14H2,1-3H3,(H,26,27)/t18-/m0/s1. The Morgan fingerprint density at radius 1 is 1.10 bits per heavy atom. The van der Waals surface area contributed by atoms with Crippen LogP contribution >= 0.6 is 15.9 Å². The van der Waals surface area contributed by atoms with Crippen LogP contribution in [0.3, 0.4) is 0 Å². The van der Waals surface area contributed by atoms with Gasteiger partial charge in [0.05, 0.1) is 14.2 Å². The molecule has 7 nitrogen and oxygen atoms in total. The Kier molecular flexibility index (Phi) is 8.34. The van der Waals surface area contributed by atoms with Crippen LogP contribution in [0, 0.1) is 6.92 Å². The van der Waals surface area contributed by atoms with Crippen LogP contribution in [0.5, 0.6) is 17.2 Å². The fourth-order valence-electron chi connectivity index (χ4n) is 3.07. The molecule has 1 atom stereocenters. The molecule has 8 heteroatoms. The first-order valence-electron chi connectivity index (χ1n) is 10.0. The number of nitrogens with one attached hydrogen (secondary N) is 2. The Morgan fingerprint density at radius 2 is 1.84 bits per heavy atom. The smallest absolute Gasteiger partial charge is 0.160 e. The molecule has 1 heterocycles.